The molecular weight excluding hydrogens is 332 g/mol. The zero-order chi connectivity index (χ0) is 17.7. The van der Waals surface area contributed by atoms with E-state index in [0.29, 0.717) is 22.9 Å². The van der Waals surface area contributed by atoms with Crippen LogP contribution in [-0.4, -0.2) is 32.9 Å². The summed E-state index contributed by atoms with van der Waals surface area (Å²) in [7, 11) is 0. The Morgan fingerprint density at radius 1 is 1.16 bits per heavy atom. The molecule has 1 aromatic rings. The minimum Gasteiger partial charge on any atom is -0.353 e. The third kappa shape index (κ3) is 2.77. The lowest BCUT2D eigenvalue weighted by molar-refractivity contribution is -0.119. The van der Waals surface area contributed by atoms with Crippen molar-refractivity contribution < 1.29 is 4.79 Å². The summed E-state index contributed by atoms with van der Waals surface area (Å²) in [6.45, 7) is 6.98. The quantitative estimate of drug-likeness (QED) is 0.831. The van der Waals surface area contributed by atoms with Crippen LogP contribution in [0.3, 0.4) is 0 Å². The number of hydrogen-bond donors (Lipinski definition) is 1. The molecule has 2 bridgehead atoms. The van der Waals surface area contributed by atoms with Gasteiger partial charge in [0.05, 0.1) is 17.1 Å². The van der Waals surface area contributed by atoms with Crippen LogP contribution < -0.4 is 5.32 Å². The highest BCUT2D eigenvalue weighted by Gasteiger charge is 2.61. The van der Waals surface area contributed by atoms with Crippen LogP contribution in [0.25, 0.3) is 0 Å². The highest BCUT2D eigenvalue weighted by Crippen LogP contribution is 2.66. The summed E-state index contributed by atoms with van der Waals surface area (Å²) in [5, 5.41) is 12.6. The van der Waals surface area contributed by atoms with E-state index in [1.165, 1.54) is 43.9 Å². The number of nitrogens with one attached hydrogen (secondary N) is 1. The van der Waals surface area contributed by atoms with Crippen LogP contribution in [0, 0.1) is 5.41 Å². The first kappa shape index (κ1) is 17.3. The van der Waals surface area contributed by atoms with Gasteiger partial charge < -0.3 is 5.32 Å². The Labute approximate surface area is 154 Å². The Hall–Kier alpha value is -1.17. The molecule has 2 atom stereocenters. The fourth-order valence-corrected chi connectivity index (χ4v) is 5.67. The van der Waals surface area contributed by atoms with Crippen molar-refractivity contribution in [3.63, 3.8) is 0 Å². The molecule has 1 amide bonds. The van der Waals surface area contributed by atoms with E-state index in [2.05, 4.69) is 36.3 Å². The fourth-order valence-electron chi connectivity index (χ4n) is 5.07. The van der Waals surface area contributed by atoms with E-state index >= 15 is 0 Å². The van der Waals surface area contributed by atoms with Gasteiger partial charge in [0.1, 0.15) is 0 Å². The van der Waals surface area contributed by atoms with E-state index in [1.807, 2.05) is 0 Å². The summed E-state index contributed by atoms with van der Waals surface area (Å²) < 4.78 is 0. The molecule has 5 nitrogen and oxygen atoms in total. The Balaban J connectivity index is 1.41. The van der Waals surface area contributed by atoms with Gasteiger partial charge in [0.15, 0.2) is 0 Å². The number of nitrogens with zero attached hydrogens (tertiary/aromatic N) is 3. The molecule has 1 aromatic heterocycles. The Morgan fingerprint density at radius 3 is 2.68 bits per heavy atom. The molecule has 3 aliphatic rings. The molecule has 136 valence electrons. The highest BCUT2D eigenvalue weighted by atomic mass is 32.2. The van der Waals surface area contributed by atoms with E-state index in [-0.39, 0.29) is 16.7 Å². The first-order chi connectivity index (χ1) is 11.9. The zero-order valence-electron chi connectivity index (χ0n) is 15.5. The minimum absolute atomic E-state index is 0.0859. The van der Waals surface area contributed by atoms with Gasteiger partial charge in [-0.2, -0.15) is 5.10 Å². The lowest BCUT2D eigenvalue weighted by Crippen LogP contribution is -2.37. The van der Waals surface area contributed by atoms with Gasteiger partial charge in [0.25, 0.3) is 0 Å². The number of rotatable bonds is 4. The van der Waals surface area contributed by atoms with Gasteiger partial charge in [0.2, 0.25) is 11.1 Å². The number of hydrogen-bond acceptors (Lipinski definition) is 5. The van der Waals surface area contributed by atoms with Crippen LogP contribution >= 0.6 is 11.8 Å². The second-order valence-electron chi connectivity index (χ2n) is 8.66. The van der Waals surface area contributed by atoms with E-state index in [0.717, 1.165) is 24.2 Å². The lowest BCUT2D eigenvalue weighted by atomic mass is 9.70. The van der Waals surface area contributed by atoms with Gasteiger partial charge >= 0.3 is 0 Å². The van der Waals surface area contributed by atoms with Crippen LogP contribution in [0.15, 0.2) is 5.16 Å². The number of fused-ring (bicyclic) bond motifs is 5. The number of amides is 1. The standard InChI is InChI=1S/C19H28N4OS/c1-18(2)13-9-10-19(18,3)16-15(13)22-23-17(21-16)25-11-14(24)20-12-7-5-4-6-8-12/h12-13H,4-11H2,1-3H3,(H,20,24)/t13-,19-/m1/s1. The normalized spacial score (nSPS) is 30.3. The zero-order valence-corrected chi connectivity index (χ0v) is 16.3. The van der Waals surface area contributed by atoms with E-state index in [1.54, 1.807) is 0 Å². The summed E-state index contributed by atoms with van der Waals surface area (Å²) in [6, 6.07) is 0.358. The molecule has 1 heterocycles. The fraction of sp³-hybridized carbons (Fsp3) is 0.789. The molecule has 2 fully saturated rings. The maximum absolute atomic E-state index is 12.2. The Morgan fingerprint density at radius 2 is 1.92 bits per heavy atom. The third-order valence-corrected chi connectivity index (χ3v) is 7.91. The minimum atomic E-state index is 0.0859. The maximum atomic E-state index is 12.2. The van der Waals surface area contributed by atoms with Crippen LogP contribution in [-0.2, 0) is 10.2 Å². The van der Waals surface area contributed by atoms with Crippen molar-refractivity contribution in [1.82, 2.24) is 20.5 Å². The van der Waals surface area contributed by atoms with Crippen LogP contribution in [0.5, 0.6) is 0 Å². The van der Waals surface area contributed by atoms with Crippen molar-refractivity contribution in [2.45, 2.75) is 88.2 Å². The van der Waals surface area contributed by atoms with E-state index in [4.69, 9.17) is 4.98 Å². The second-order valence-corrected chi connectivity index (χ2v) is 9.61. The predicted molar refractivity (Wildman–Crippen MR) is 98.7 cm³/mol. The summed E-state index contributed by atoms with van der Waals surface area (Å²) in [4.78, 5) is 17.0. The molecule has 0 saturated heterocycles. The lowest BCUT2D eigenvalue weighted by Gasteiger charge is -2.33. The number of thioether (sulfide) groups is 1. The molecule has 6 heteroatoms. The highest BCUT2D eigenvalue weighted by molar-refractivity contribution is 7.99. The van der Waals surface area contributed by atoms with Gasteiger partial charge in [0, 0.05) is 17.4 Å². The summed E-state index contributed by atoms with van der Waals surface area (Å²) in [5.41, 5.74) is 2.50. The van der Waals surface area contributed by atoms with Gasteiger partial charge in [-0.05, 0) is 31.1 Å². The molecule has 0 aliphatic heterocycles. The van der Waals surface area contributed by atoms with Crippen molar-refractivity contribution in [3.8, 4) is 0 Å². The Kier molecular flexibility index (Phi) is 4.29. The van der Waals surface area contributed by atoms with Crippen molar-refractivity contribution in [2.75, 3.05) is 5.75 Å². The first-order valence-electron chi connectivity index (χ1n) is 9.59. The number of aromatic nitrogens is 3. The largest absolute Gasteiger partial charge is 0.353 e. The topological polar surface area (TPSA) is 67.8 Å². The summed E-state index contributed by atoms with van der Waals surface area (Å²) >= 11 is 1.41. The molecule has 3 aliphatic carbocycles. The second kappa shape index (κ2) is 6.22. The molecule has 0 unspecified atom stereocenters. The number of carbonyl (C=O) groups excluding carboxylic acids is 1. The van der Waals surface area contributed by atoms with Crippen LogP contribution in [0.4, 0.5) is 0 Å². The first-order valence-corrected chi connectivity index (χ1v) is 10.6. The average molecular weight is 361 g/mol. The molecule has 25 heavy (non-hydrogen) atoms. The van der Waals surface area contributed by atoms with Gasteiger partial charge in [-0.15, -0.1) is 5.10 Å². The molecule has 0 radical (unpaired) electrons. The van der Waals surface area contributed by atoms with E-state index in [9.17, 15) is 4.79 Å². The van der Waals surface area contributed by atoms with Crippen molar-refractivity contribution in [1.29, 1.82) is 0 Å². The van der Waals surface area contributed by atoms with Crippen LogP contribution in [0.1, 0.15) is 83.0 Å². The smallest absolute Gasteiger partial charge is 0.230 e. The van der Waals surface area contributed by atoms with Gasteiger partial charge in [-0.3, -0.25) is 4.79 Å². The van der Waals surface area contributed by atoms with Crippen molar-refractivity contribution in [3.05, 3.63) is 11.4 Å². The number of carbonyl (C=O) groups is 1. The van der Waals surface area contributed by atoms with Crippen LogP contribution in [0.2, 0.25) is 0 Å². The predicted octanol–water partition coefficient (Wildman–Crippen LogP) is 3.59. The third-order valence-electron chi connectivity index (χ3n) is 7.08. The van der Waals surface area contributed by atoms with Gasteiger partial charge in [-0.25, -0.2) is 4.98 Å². The summed E-state index contributed by atoms with van der Waals surface area (Å²) in [5.74, 6) is 0.941. The van der Waals surface area contributed by atoms with Crippen molar-refractivity contribution >= 4 is 17.7 Å². The Bertz CT molecular complexity index is 686. The van der Waals surface area contributed by atoms with E-state index < -0.39 is 0 Å². The molecule has 4 rings (SSSR count). The molecular formula is C19H28N4OS. The molecule has 2 saturated carbocycles. The van der Waals surface area contributed by atoms with Crippen molar-refractivity contribution in [2.24, 2.45) is 5.41 Å². The molecule has 0 spiro atoms. The average Bonchev–Trinajstić information content (AvgIpc) is 2.93. The molecule has 1 N–H and O–H groups in total. The SMILES string of the molecule is CC1(C)[C@@H]2CC[C@]1(C)c1nc(SCC(=O)NC3CCCCC3)nnc12. The van der Waals surface area contributed by atoms with Gasteiger partial charge in [-0.1, -0.05) is 51.8 Å². The monoisotopic (exact) mass is 360 g/mol. The maximum Gasteiger partial charge on any atom is 0.230 e. The summed E-state index contributed by atoms with van der Waals surface area (Å²) in [6.07, 6.45) is 8.33. The molecule has 0 aromatic carbocycles.